The van der Waals surface area contributed by atoms with Gasteiger partial charge >= 0.3 is 6.09 Å². The molecule has 2 aliphatic heterocycles. The molecule has 40 heavy (non-hydrogen) atoms. The highest BCUT2D eigenvalue weighted by Gasteiger charge is 2.35. The summed E-state index contributed by atoms with van der Waals surface area (Å²) in [6.07, 6.45) is -0.298. The second kappa shape index (κ2) is 11.8. The van der Waals surface area contributed by atoms with E-state index in [2.05, 4.69) is 0 Å². The Kier molecular flexibility index (Phi) is 8.82. The molecule has 2 aliphatic rings. The van der Waals surface area contributed by atoms with Crippen molar-refractivity contribution >= 4 is 57.2 Å². The summed E-state index contributed by atoms with van der Waals surface area (Å²) >= 11 is 7.69. The van der Waals surface area contributed by atoms with Crippen molar-refractivity contribution in [2.75, 3.05) is 37.6 Å². The molecule has 0 saturated carbocycles. The van der Waals surface area contributed by atoms with E-state index in [4.69, 9.17) is 32.1 Å². The molecule has 1 aromatic carbocycles. The molecule has 214 valence electrons. The van der Waals surface area contributed by atoms with Crippen LogP contribution < -0.4 is 4.90 Å². The third kappa shape index (κ3) is 6.62. The van der Waals surface area contributed by atoms with Gasteiger partial charge in [0.2, 0.25) is 0 Å². The van der Waals surface area contributed by atoms with Gasteiger partial charge in [-0.05, 0) is 59.2 Å². The summed E-state index contributed by atoms with van der Waals surface area (Å²) < 4.78 is 5.47. The Bertz CT molecular complexity index is 1350. The Morgan fingerprint density at radius 1 is 1.12 bits per heavy atom. The van der Waals surface area contributed by atoms with Crippen molar-refractivity contribution in [3.05, 3.63) is 50.9 Å². The van der Waals surface area contributed by atoms with E-state index >= 15 is 0 Å². The van der Waals surface area contributed by atoms with Crippen molar-refractivity contribution in [1.82, 2.24) is 9.80 Å². The lowest BCUT2D eigenvalue weighted by atomic mass is 9.99. The number of thiophene rings is 1. The SMILES string of the molecule is CC(=N)N1C(=N)[C@H](CC(=O)CN2CCN(C(=O)OC(C)(C)C)CC2)N=C(c2ccc(Cl)cc2)c2c1sc(C)c2C. The highest BCUT2D eigenvalue weighted by Crippen LogP contribution is 2.40. The number of nitrogens with one attached hydrogen (secondary N) is 2. The van der Waals surface area contributed by atoms with Crippen LogP contribution in [0.3, 0.4) is 0 Å². The monoisotopic (exact) mass is 584 g/mol. The van der Waals surface area contributed by atoms with Crippen LogP contribution in [0.1, 0.15) is 55.7 Å². The van der Waals surface area contributed by atoms with Crippen LogP contribution >= 0.6 is 22.9 Å². The van der Waals surface area contributed by atoms with Crippen molar-refractivity contribution < 1.29 is 14.3 Å². The molecule has 4 rings (SSSR count). The van der Waals surface area contributed by atoms with E-state index in [-0.39, 0.29) is 36.5 Å². The Hall–Kier alpha value is -3.08. The Morgan fingerprint density at radius 3 is 2.33 bits per heavy atom. The predicted octanol–water partition coefficient (Wildman–Crippen LogP) is 5.53. The number of ketones is 1. The van der Waals surface area contributed by atoms with E-state index in [1.165, 1.54) is 11.3 Å². The average molecular weight is 585 g/mol. The number of carbonyl (C=O) groups is 2. The minimum atomic E-state index is -0.749. The summed E-state index contributed by atoms with van der Waals surface area (Å²) in [4.78, 5) is 37.1. The van der Waals surface area contributed by atoms with Crippen molar-refractivity contribution in [1.29, 1.82) is 10.8 Å². The molecule has 0 radical (unpaired) electrons. The number of Topliss-reactive ketones (excluding diaryl/α,β-unsaturated/α-hetero) is 1. The number of nitrogens with zero attached hydrogens (tertiary/aromatic N) is 4. The fraction of sp³-hybridized carbons (Fsp3) is 0.483. The molecule has 1 saturated heterocycles. The number of halogens is 1. The summed E-state index contributed by atoms with van der Waals surface area (Å²) in [5.41, 5.74) is 2.92. The number of anilines is 1. The van der Waals surface area contributed by atoms with Gasteiger partial charge in [0.1, 0.15) is 34.1 Å². The number of piperazine rings is 1. The highest BCUT2D eigenvalue weighted by molar-refractivity contribution is 7.17. The molecule has 0 spiro atoms. The van der Waals surface area contributed by atoms with Crippen molar-refractivity contribution in [2.24, 2.45) is 4.99 Å². The molecular weight excluding hydrogens is 548 g/mol. The summed E-state index contributed by atoms with van der Waals surface area (Å²) in [5.74, 6) is 0.276. The Morgan fingerprint density at radius 2 is 1.75 bits per heavy atom. The van der Waals surface area contributed by atoms with E-state index in [9.17, 15) is 9.59 Å². The maximum atomic E-state index is 13.3. The lowest BCUT2D eigenvalue weighted by molar-refractivity contribution is -0.120. The molecule has 1 fully saturated rings. The molecule has 0 bridgehead atoms. The van der Waals surface area contributed by atoms with Gasteiger partial charge in [0.25, 0.3) is 0 Å². The van der Waals surface area contributed by atoms with E-state index in [0.29, 0.717) is 36.9 Å². The minimum Gasteiger partial charge on any atom is -0.444 e. The first-order chi connectivity index (χ1) is 18.7. The van der Waals surface area contributed by atoms with Gasteiger partial charge in [0.05, 0.1) is 12.3 Å². The van der Waals surface area contributed by atoms with Gasteiger partial charge in [-0.1, -0.05) is 23.7 Å². The number of carbonyl (C=O) groups excluding carboxylic acids is 2. The van der Waals surface area contributed by atoms with Crippen molar-refractivity contribution in [2.45, 2.75) is 59.6 Å². The molecule has 0 aliphatic carbocycles. The van der Waals surface area contributed by atoms with E-state index < -0.39 is 11.6 Å². The minimum absolute atomic E-state index is 0.0406. The number of ether oxygens (including phenoxy) is 1. The largest absolute Gasteiger partial charge is 0.444 e. The number of aliphatic imine (C=N–C) groups is 1. The number of hydrogen-bond donors (Lipinski definition) is 2. The fourth-order valence-electron chi connectivity index (χ4n) is 4.83. The van der Waals surface area contributed by atoms with Crippen LogP contribution in [0.5, 0.6) is 0 Å². The number of rotatable bonds is 5. The van der Waals surface area contributed by atoms with Crippen LogP contribution in [0.4, 0.5) is 9.80 Å². The lowest BCUT2D eigenvalue weighted by Crippen LogP contribution is -2.51. The zero-order chi connectivity index (χ0) is 29.4. The van der Waals surface area contributed by atoms with Gasteiger partial charge in [-0.15, -0.1) is 11.3 Å². The number of aryl methyl sites for hydroxylation is 1. The molecular formula is C29H37ClN6O3S. The quantitative estimate of drug-likeness (QED) is 0.354. The molecule has 3 heterocycles. The predicted molar refractivity (Wildman–Crippen MR) is 162 cm³/mol. The second-order valence-electron chi connectivity index (χ2n) is 11.3. The van der Waals surface area contributed by atoms with Gasteiger partial charge in [-0.3, -0.25) is 30.4 Å². The van der Waals surface area contributed by atoms with Gasteiger partial charge in [-0.25, -0.2) is 4.79 Å². The molecule has 1 aromatic heterocycles. The van der Waals surface area contributed by atoms with Crippen molar-refractivity contribution in [3.8, 4) is 0 Å². The van der Waals surface area contributed by atoms with Gasteiger partial charge in [0, 0.05) is 53.6 Å². The Labute approximate surface area is 244 Å². The first-order valence-corrected chi connectivity index (χ1v) is 14.5. The number of fused-ring (bicyclic) bond motifs is 1. The molecule has 1 atom stereocenters. The van der Waals surface area contributed by atoms with Crippen LogP contribution in [0, 0.1) is 24.7 Å². The smallest absolute Gasteiger partial charge is 0.410 e. The zero-order valence-corrected chi connectivity index (χ0v) is 25.5. The third-order valence-electron chi connectivity index (χ3n) is 6.95. The van der Waals surface area contributed by atoms with Crippen LogP contribution in [0.25, 0.3) is 0 Å². The number of amides is 1. The maximum absolute atomic E-state index is 13.3. The summed E-state index contributed by atoms with van der Waals surface area (Å²) in [5, 5.41) is 19.0. The van der Waals surface area contributed by atoms with Crippen LogP contribution in [0.15, 0.2) is 29.3 Å². The maximum Gasteiger partial charge on any atom is 0.410 e. The summed E-state index contributed by atoms with van der Waals surface area (Å²) in [6, 6.07) is 6.66. The molecule has 11 heteroatoms. The fourth-order valence-corrected chi connectivity index (χ4v) is 6.18. The standard InChI is InChI=1S/C29H37ClN6O3S/c1-17-18(2)40-27-24(17)25(20-7-9-21(30)10-8-20)33-23(26(32)36(27)19(3)31)15-22(37)16-34-11-13-35(14-12-34)28(38)39-29(4,5)6/h7-10,23,31-32H,11-16H2,1-6H3/t23-/m0/s1. The van der Waals surface area contributed by atoms with Crippen LogP contribution in [-0.4, -0.2) is 83.4 Å². The van der Waals surface area contributed by atoms with Crippen LogP contribution in [0.2, 0.25) is 5.02 Å². The normalized spacial score (nSPS) is 18.2. The van der Waals surface area contributed by atoms with E-state index in [1.807, 2.05) is 51.7 Å². The summed E-state index contributed by atoms with van der Waals surface area (Å²) in [7, 11) is 0. The summed E-state index contributed by atoms with van der Waals surface area (Å²) in [6.45, 7) is 13.5. The first kappa shape index (κ1) is 29.9. The number of amidine groups is 2. The van der Waals surface area contributed by atoms with Gasteiger partial charge < -0.3 is 9.64 Å². The van der Waals surface area contributed by atoms with E-state index in [1.54, 1.807) is 28.9 Å². The first-order valence-electron chi connectivity index (χ1n) is 13.3. The van der Waals surface area contributed by atoms with E-state index in [0.717, 1.165) is 26.6 Å². The second-order valence-corrected chi connectivity index (χ2v) is 12.9. The molecule has 9 nitrogen and oxygen atoms in total. The Balaban J connectivity index is 1.55. The molecule has 2 N–H and O–H groups in total. The third-order valence-corrected chi connectivity index (χ3v) is 8.39. The van der Waals surface area contributed by atoms with Crippen molar-refractivity contribution in [3.63, 3.8) is 0 Å². The van der Waals surface area contributed by atoms with Gasteiger partial charge in [-0.2, -0.15) is 0 Å². The molecule has 0 unspecified atom stereocenters. The number of benzene rings is 1. The highest BCUT2D eigenvalue weighted by atomic mass is 35.5. The molecule has 2 aromatic rings. The number of hydrogen-bond acceptors (Lipinski definition) is 8. The lowest BCUT2D eigenvalue weighted by Gasteiger charge is -2.35. The van der Waals surface area contributed by atoms with Gasteiger partial charge in [0.15, 0.2) is 0 Å². The zero-order valence-electron chi connectivity index (χ0n) is 23.9. The molecule has 1 amide bonds. The topological polar surface area (TPSA) is 113 Å². The average Bonchev–Trinajstić information content (AvgIpc) is 3.08. The van der Waals surface area contributed by atoms with Crippen LogP contribution in [-0.2, 0) is 9.53 Å².